The van der Waals surface area contributed by atoms with Gasteiger partial charge >= 0.3 is 39.5 Å². The molecule has 0 heterocycles. The van der Waals surface area contributed by atoms with E-state index < -0.39 is 97.5 Å². The fourth-order valence-corrected chi connectivity index (χ4v) is 11.5. The van der Waals surface area contributed by atoms with E-state index in [0.717, 1.165) is 141 Å². The molecule has 0 bridgehead atoms. The molecule has 5 unspecified atom stereocenters. The number of carbonyl (C=O) groups is 4. The Labute approximate surface area is 594 Å². The Balaban J connectivity index is 5.38. The van der Waals surface area contributed by atoms with E-state index in [4.69, 9.17) is 37.0 Å². The van der Waals surface area contributed by atoms with Gasteiger partial charge in [-0.05, 0) is 116 Å². The van der Waals surface area contributed by atoms with Crippen LogP contribution >= 0.6 is 15.6 Å². The highest BCUT2D eigenvalue weighted by Crippen LogP contribution is 2.45. The van der Waals surface area contributed by atoms with Crippen molar-refractivity contribution in [3.05, 3.63) is 109 Å². The van der Waals surface area contributed by atoms with Gasteiger partial charge in [-0.15, -0.1) is 0 Å². The third kappa shape index (κ3) is 70.2. The lowest BCUT2D eigenvalue weighted by atomic mass is 10.0. The van der Waals surface area contributed by atoms with Crippen LogP contribution in [0.25, 0.3) is 0 Å². The number of hydrogen-bond donors (Lipinski definition) is 3. The smallest absolute Gasteiger partial charge is 0.462 e. The van der Waals surface area contributed by atoms with Crippen molar-refractivity contribution in [2.45, 2.75) is 329 Å². The molecule has 98 heavy (non-hydrogen) atoms. The first-order valence-electron chi connectivity index (χ1n) is 38.1. The molecule has 0 aliphatic rings. The molecule has 0 aliphatic heterocycles. The standard InChI is InChI=1S/C79H136O17P2/c1-5-9-13-17-21-25-29-32-35-36-39-41-45-48-52-56-60-64-77(82)90-70-75(96-79(84)66-62-58-54-50-46-42-38-34-31-27-23-19-15-11-7-3)72-94-98(87,88)92-68-73(80)67-91-97(85,86)93-71-74(95-78(83)65-61-57-53-49-43-28-24-20-16-12-8-4)69-89-76(81)63-59-55-51-47-44-40-37-33-30-26-22-18-14-10-6-2/h9,11,13,15,20-21,23-25,27,32,34-35,38-39,41,48,52,73-75,80H,5-8,10,12,14,16-19,22,26,28-31,33,36-37,40,42-47,49-51,53-72H2,1-4H3,(H,85,86)(H,87,88)/b13-9-,15-11-,24-20-,25-21-,27-23-,35-32-,38-34-,41-39-,52-48-. The molecule has 0 radical (unpaired) electrons. The Bertz CT molecular complexity index is 2290. The zero-order valence-corrected chi connectivity index (χ0v) is 63.2. The number of esters is 4. The minimum absolute atomic E-state index is 0.0617. The summed E-state index contributed by atoms with van der Waals surface area (Å²) in [6.45, 7) is 4.53. The molecular weight excluding hydrogens is 1280 g/mol. The van der Waals surface area contributed by atoms with Crippen LogP contribution in [0.1, 0.15) is 310 Å². The minimum Gasteiger partial charge on any atom is -0.462 e. The predicted molar refractivity (Wildman–Crippen MR) is 399 cm³/mol. The molecule has 0 aliphatic carbocycles. The number of hydrogen-bond acceptors (Lipinski definition) is 15. The van der Waals surface area contributed by atoms with Crippen LogP contribution in [0.5, 0.6) is 0 Å². The zero-order chi connectivity index (χ0) is 71.8. The molecule has 17 nitrogen and oxygen atoms in total. The maximum absolute atomic E-state index is 13.1. The molecule has 19 heteroatoms. The number of phosphoric ester groups is 2. The molecule has 0 saturated heterocycles. The van der Waals surface area contributed by atoms with Crippen molar-refractivity contribution in [1.82, 2.24) is 0 Å². The van der Waals surface area contributed by atoms with E-state index in [1.165, 1.54) is 83.5 Å². The second kappa shape index (κ2) is 71.1. The topological polar surface area (TPSA) is 237 Å². The molecule has 5 atom stereocenters. The van der Waals surface area contributed by atoms with Crippen LogP contribution in [-0.4, -0.2) is 96.7 Å². The first-order valence-corrected chi connectivity index (χ1v) is 41.1. The number of unbranched alkanes of at least 4 members (excludes halogenated alkanes) is 27. The second-order valence-corrected chi connectivity index (χ2v) is 28.1. The van der Waals surface area contributed by atoms with E-state index >= 15 is 0 Å². The summed E-state index contributed by atoms with van der Waals surface area (Å²) in [7, 11) is -9.97. The first-order chi connectivity index (χ1) is 47.7. The molecule has 0 aromatic carbocycles. The van der Waals surface area contributed by atoms with Crippen molar-refractivity contribution in [2.24, 2.45) is 0 Å². The van der Waals surface area contributed by atoms with Gasteiger partial charge in [0.25, 0.3) is 0 Å². The number of allylic oxidation sites excluding steroid dienone is 18. The molecule has 0 rings (SSSR count). The number of ether oxygens (including phenoxy) is 4. The average molecular weight is 1420 g/mol. The van der Waals surface area contributed by atoms with Gasteiger partial charge < -0.3 is 33.8 Å². The van der Waals surface area contributed by atoms with Crippen molar-refractivity contribution < 1.29 is 80.2 Å². The molecule has 3 N–H and O–H groups in total. The summed E-state index contributed by atoms with van der Waals surface area (Å²) in [6.07, 6.45) is 75.2. The van der Waals surface area contributed by atoms with Crippen molar-refractivity contribution in [3.63, 3.8) is 0 Å². The van der Waals surface area contributed by atoms with Gasteiger partial charge in [0.15, 0.2) is 12.2 Å². The number of phosphoric acid groups is 2. The molecule has 0 spiro atoms. The van der Waals surface area contributed by atoms with Crippen LogP contribution in [0.15, 0.2) is 109 Å². The zero-order valence-electron chi connectivity index (χ0n) is 61.4. The summed E-state index contributed by atoms with van der Waals surface area (Å²) >= 11 is 0. The van der Waals surface area contributed by atoms with Crippen LogP contribution in [0.2, 0.25) is 0 Å². The molecule has 0 aromatic rings. The number of rotatable bonds is 71. The first kappa shape index (κ1) is 93.7. The molecular formula is C79H136O17P2. The van der Waals surface area contributed by atoms with Gasteiger partial charge in [0.1, 0.15) is 19.3 Å². The lowest BCUT2D eigenvalue weighted by molar-refractivity contribution is -0.161. The molecule has 0 fully saturated rings. The summed E-state index contributed by atoms with van der Waals surface area (Å²) < 4.78 is 68.4. The molecule has 0 saturated carbocycles. The number of aliphatic hydroxyl groups is 1. The number of aliphatic hydroxyl groups excluding tert-OH is 1. The van der Waals surface area contributed by atoms with Crippen LogP contribution in [0, 0.1) is 0 Å². The van der Waals surface area contributed by atoms with E-state index in [0.29, 0.717) is 32.1 Å². The Morgan fingerprint density at radius 2 is 0.551 bits per heavy atom. The summed E-state index contributed by atoms with van der Waals surface area (Å²) in [4.78, 5) is 72.8. The van der Waals surface area contributed by atoms with Crippen molar-refractivity contribution in [1.29, 1.82) is 0 Å². The van der Waals surface area contributed by atoms with Crippen LogP contribution in [0.3, 0.4) is 0 Å². The van der Waals surface area contributed by atoms with Gasteiger partial charge in [-0.1, -0.05) is 278 Å². The van der Waals surface area contributed by atoms with Gasteiger partial charge in [-0.25, -0.2) is 9.13 Å². The van der Waals surface area contributed by atoms with Gasteiger partial charge in [0.05, 0.1) is 26.4 Å². The lowest BCUT2D eigenvalue weighted by Gasteiger charge is -2.21. The monoisotopic (exact) mass is 1420 g/mol. The van der Waals surface area contributed by atoms with E-state index in [1.807, 2.05) is 12.2 Å². The predicted octanol–water partition coefficient (Wildman–Crippen LogP) is 21.8. The summed E-state index contributed by atoms with van der Waals surface area (Å²) in [6, 6.07) is 0. The van der Waals surface area contributed by atoms with Gasteiger partial charge in [-0.3, -0.25) is 37.3 Å². The van der Waals surface area contributed by atoms with Gasteiger partial charge in [0, 0.05) is 25.7 Å². The largest absolute Gasteiger partial charge is 0.472 e. The highest BCUT2D eigenvalue weighted by molar-refractivity contribution is 7.47. The van der Waals surface area contributed by atoms with Crippen molar-refractivity contribution in [3.8, 4) is 0 Å². The van der Waals surface area contributed by atoms with E-state index in [2.05, 4.69) is 125 Å². The van der Waals surface area contributed by atoms with Crippen LogP contribution < -0.4 is 0 Å². The quantitative estimate of drug-likeness (QED) is 0.0169. The molecule has 564 valence electrons. The van der Waals surface area contributed by atoms with E-state index in [9.17, 15) is 43.2 Å². The Hall–Kier alpha value is -4.28. The lowest BCUT2D eigenvalue weighted by Crippen LogP contribution is -2.30. The molecule has 0 aromatic heterocycles. The number of carbonyl (C=O) groups excluding carboxylic acids is 4. The second-order valence-electron chi connectivity index (χ2n) is 25.2. The van der Waals surface area contributed by atoms with Crippen molar-refractivity contribution in [2.75, 3.05) is 39.6 Å². The summed E-state index contributed by atoms with van der Waals surface area (Å²) in [5.41, 5.74) is 0. The summed E-state index contributed by atoms with van der Waals surface area (Å²) in [5.74, 6) is -2.26. The minimum atomic E-state index is -4.99. The normalized spacial score (nSPS) is 14.6. The third-order valence-corrected chi connectivity index (χ3v) is 17.6. The fourth-order valence-electron chi connectivity index (χ4n) is 9.96. The maximum Gasteiger partial charge on any atom is 0.472 e. The highest BCUT2D eigenvalue weighted by Gasteiger charge is 2.30. The van der Waals surface area contributed by atoms with Crippen molar-refractivity contribution >= 4 is 39.5 Å². The fraction of sp³-hybridized carbons (Fsp3) is 0.722. The highest BCUT2D eigenvalue weighted by atomic mass is 31.2. The average Bonchev–Trinajstić information content (AvgIpc) is 0.986. The van der Waals surface area contributed by atoms with Crippen LogP contribution in [-0.2, 0) is 65.4 Å². The third-order valence-electron chi connectivity index (χ3n) is 15.7. The van der Waals surface area contributed by atoms with E-state index in [1.54, 1.807) is 0 Å². The van der Waals surface area contributed by atoms with E-state index in [-0.39, 0.29) is 25.7 Å². The summed E-state index contributed by atoms with van der Waals surface area (Å²) in [5, 5.41) is 10.6. The SMILES string of the molecule is CC/C=C\C/C=C\C/C=C\C/C=C\C/C=C\CCCC(=O)OCC(COP(=O)(O)OCC(O)COP(=O)(O)OCC(COC(=O)CCCCCCCCCCCCCCCCC)OC(=O)CCCCCCC/C=C\CCCC)OC(=O)CCCCCCC/C=C\C/C=C\C/C=C\CC. The van der Waals surface area contributed by atoms with Gasteiger partial charge in [0.2, 0.25) is 0 Å². The van der Waals surface area contributed by atoms with Gasteiger partial charge in [-0.2, -0.15) is 0 Å². The molecule has 0 amide bonds. The Kier molecular flexibility index (Phi) is 68.0. The Morgan fingerprint density at radius 1 is 0.296 bits per heavy atom. The Morgan fingerprint density at radius 3 is 0.898 bits per heavy atom. The van der Waals surface area contributed by atoms with Crippen LogP contribution in [0.4, 0.5) is 0 Å². The maximum atomic E-state index is 13.1.